The van der Waals surface area contributed by atoms with Gasteiger partial charge in [-0.2, -0.15) is 4.98 Å². The Morgan fingerprint density at radius 3 is 2.47 bits per heavy atom. The van der Waals surface area contributed by atoms with Gasteiger partial charge in [0.2, 0.25) is 5.78 Å². The molecular weight excluding hydrogens is 380 g/mol. The van der Waals surface area contributed by atoms with Gasteiger partial charge < -0.3 is 9.47 Å². The van der Waals surface area contributed by atoms with Crippen LogP contribution < -0.4 is 11.2 Å². The first-order valence-corrected chi connectivity index (χ1v) is 11.4. The van der Waals surface area contributed by atoms with Crippen LogP contribution in [0.25, 0.3) is 16.9 Å². The number of hydrogen-bond acceptors (Lipinski definition) is 4. The fraction of sp³-hybridized carbons (Fsp3) is 0.682. The van der Waals surface area contributed by atoms with Gasteiger partial charge in [-0.25, -0.2) is 4.79 Å². The third kappa shape index (κ3) is 3.73. The van der Waals surface area contributed by atoms with Crippen LogP contribution in [0, 0.1) is 6.92 Å². The minimum Gasteiger partial charge on any atom is -0.314 e. The van der Waals surface area contributed by atoms with Gasteiger partial charge in [0, 0.05) is 38.6 Å². The van der Waals surface area contributed by atoms with Crippen molar-refractivity contribution in [3.8, 4) is 0 Å². The first-order valence-electron chi connectivity index (χ1n) is 11.4. The lowest BCUT2D eigenvalue weighted by Gasteiger charge is -2.26. The van der Waals surface area contributed by atoms with Crippen molar-refractivity contribution in [1.29, 1.82) is 0 Å². The van der Waals surface area contributed by atoms with Gasteiger partial charge in [0.15, 0.2) is 11.2 Å². The lowest BCUT2D eigenvalue weighted by Crippen LogP contribution is -2.43. The first-order chi connectivity index (χ1) is 14.5. The molecule has 0 saturated carbocycles. The van der Waals surface area contributed by atoms with E-state index in [4.69, 9.17) is 4.98 Å². The highest BCUT2D eigenvalue weighted by Crippen LogP contribution is 2.17. The van der Waals surface area contributed by atoms with E-state index in [1.54, 1.807) is 7.05 Å². The van der Waals surface area contributed by atoms with Crippen LogP contribution in [0.4, 0.5) is 0 Å². The lowest BCUT2D eigenvalue weighted by atomic mass is 10.1. The number of piperidine rings is 1. The van der Waals surface area contributed by atoms with Crippen molar-refractivity contribution in [2.75, 3.05) is 19.6 Å². The number of nitrogens with zero attached hydrogens (tertiary/aromatic N) is 6. The molecule has 4 rings (SSSR count). The highest BCUT2D eigenvalue weighted by Gasteiger charge is 2.20. The van der Waals surface area contributed by atoms with Crippen molar-refractivity contribution < 1.29 is 0 Å². The topological polar surface area (TPSA) is 69.5 Å². The summed E-state index contributed by atoms with van der Waals surface area (Å²) in [6, 6.07) is 0. The van der Waals surface area contributed by atoms with Gasteiger partial charge in [-0.1, -0.05) is 32.6 Å². The van der Waals surface area contributed by atoms with Crippen molar-refractivity contribution in [2.45, 2.75) is 71.9 Å². The van der Waals surface area contributed by atoms with Crippen LogP contribution >= 0.6 is 0 Å². The lowest BCUT2D eigenvalue weighted by molar-refractivity contribution is 0.218. The van der Waals surface area contributed by atoms with Gasteiger partial charge in [0.25, 0.3) is 5.56 Å². The fourth-order valence-electron chi connectivity index (χ4n) is 4.65. The van der Waals surface area contributed by atoms with Crippen LogP contribution in [0.5, 0.6) is 0 Å². The van der Waals surface area contributed by atoms with Crippen molar-refractivity contribution >= 4 is 16.9 Å². The Balaban J connectivity index is 1.72. The van der Waals surface area contributed by atoms with Crippen LogP contribution in [0.2, 0.25) is 0 Å². The maximum absolute atomic E-state index is 13.3. The van der Waals surface area contributed by atoms with Crippen molar-refractivity contribution in [1.82, 2.24) is 28.0 Å². The average molecular weight is 415 g/mol. The second-order valence-electron chi connectivity index (χ2n) is 8.64. The molecule has 1 fully saturated rings. The highest BCUT2D eigenvalue weighted by molar-refractivity contribution is 5.75. The zero-order chi connectivity index (χ0) is 21.3. The van der Waals surface area contributed by atoms with Crippen LogP contribution in [-0.4, -0.2) is 47.6 Å². The van der Waals surface area contributed by atoms with Gasteiger partial charge in [0.05, 0.1) is 0 Å². The largest absolute Gasteiger partial charge is 0.332 e. The molecule has 164 valence electrons. The van der Waals surface area contributed by atoms with E-state index in [0.29, 0.717) is 17.7 Å². The zero-order valence-corrected chi connectivity index (χ0v) is 18.6. The molecule has 0 atom stereocenters. The fourth-order valence-corrected chi connectivity index (χ4v) is 4.65. The number of likely N-dealkylation sites (tertiary alicyclic amines) is 1. The molecule has 1 aliphatic heterocycles. The van der Waals surface area contributed by atoms with Gasteiger partial charge >= 0.3 is 5.69 Å². The minimum atomic E-state index is -0.281. The SMILES string of the molecule is CCCCCCn1c(C)cn2c3c(=O)n(CCN4CCCCC4)c(=O)n(C)c3nc12. The van der Waals surface area contributed by atoms with Gasteiger partial charge in [0.1, 0.15) is 0 Å². The molecular formula is C22H34N6O2. The van der Waals surface area contributed by atoms with E-state index in [1.165, 1.54) is 47.7 Å². The normalized spacial score (nSPS) is 15.6. The summed E-state index contributed by atoms with van der Waals surface area (Å²) in [5.41, 5.74) is 1.54. The molecule has 0 aliphatic carbocycles. The molecule has 0 spiro atoms. The molecule has 8 heteroatoms. The van der Waals surface area contributed by atoms with E-state index < -0.39 is 0 Å². The maximum Gasteiger partial charge on any atom is 0.332 e. The molecule has 1 aliphatic rings. The number of fused-ring (bicyclic) bond motifs is 3. The Labute approximate surface area is 176 Å². The Morgan fingerprint density at radius 1 is 0.967 bits per heavy atom. The number of aryl methyl sites for hydroxylation is 3. The molecule has 3 aromatic rings. The summed E-state index contributed by atoms with van der Waals surface area (Å²) in [7, 11) is 1.71. The molecule has 1 saturated heterocycles. The monoisotopic (exact) mass is 414 g/mol. The zero-order valence-electron chi connectivity index (χ0n) is 18.6. The van der Waals surface area contributed by atoms with E-state index in [1.807, 2.05) is 10.6 Å². The van der Waals surface area contributed by atoms with Crippen molar-refractivity contribution in [3.05, 3.63) is 32.7 Å². The van der Waals surface area contributed by atoms with E-state index in [0.717, 1.165) is 44.1 Å². The van der Waals surface area contributed by atoms with E-state index in [9.17, 15) is 9.59 Å². The minimum absolute atomic E-state index is 0.235. The predicted octanol–water partition coefficient (Wildman–Crippen LogP) is 2.52. The van der Waals surface area contributed by atoms with Gasteiger partial charge in [-0.05, 0) is 39.3 Å². The molecule has 0 aromatic carbocycles. The molecule has 8 nitrogen and oxygen atoms in total. The third-order valence-electron chi connectivity index (χ3n) is 6.46. The highest BCUT2D eigenvalue weighted by atomic mass is 16.2. The average Bonchev–Trinajstić information content (AvgIpc) is 3.25. The molecule has 3 aromatic heterocycles. The summed E-state index contributed by atoms with van der Waals surface area (Å²) in [4.78, 5) is 33.3. The van der Waals surface area contributed by atoms with Crippen LogP contribution in [0.1, 0.15) is 57.6 Å². The number of rotatable bonds is 8. The maximum atomic E-state index is 13.3. The van der Waals surface area contributed by atoms with Crippen LogP contribution in [-0.2, 0) is 20.1 Å². The van der Waals surface area contributed by atoms with Crippen molar-refractivity contribution in [2.24, 2.45) is 7.05 Å². The summed E-state index contributed by atoms with van der Waals surface area (Å²) < 4.78 is 6.96. The molecule has 0 radical (unpaired) electrons. The summed E-state index contributed by atoms with van der Waals surface area (Å²) >= 11 is 0. The van der Waals surface area contributed by atoms with E-state index in [-0.39, 0.29) is 11.2 Å². The Hall–Kier alpha value is -2.35. The second kappa shape index (κ2) is 8.79. The number of imidazole rings is 2. The Morgan fingerprint density at radius 2 is 1.73 bits per heavy atom. The molecule has 0 unspecified atom stereocenters. The smallest absolute Gasteiger partial charge is 0.314 e. The van der Waals surface area contributed by atoms with Crippen molar-refractivity contribution in [3.63, 3.8) is 0 Å². The Bertz CT molecular complexity index is 1140. The Kier molecular flexibility index (Phi) is 6.13. The number of aromatic nitrogens is 5. The molecule has 0 amide bonds. The van der Waals surface area contributed by atoms with E-state index >= 15 is 0 Å². The van der Waals surface area contributed by atoms with E-state index in [2.05, 4.69) is 23.3 Å². The quantitative estimate of drug-likeness (QED) is 0.531. The second-order valence-corrected chi connectivity index (χ2v) is 8.64. The third-order valence-corrected chi connectivity index (χ3v) is 6.46. The molecule has 0 N–H and O–H groups in total. The number of unbranched alkanes of at least 4 members (excludes halogenated alkanes) is 3. The first kappa shape index (κ1) is 20.9. The standard InChI is InChI=1S/C22H34N6O2/c1-4-5-6-10-13-26-17(2)16-28-18-19(23-21(26)28)24(3)22(30)27(20(18)29)15-14-25-11-8-7-9-12-25/h16H,4-15H2,1-3H3. The summed E-state index contributed by atoms with van der Waals surface area (Å²) in [6.07, 6.45) is 10.3. The summed E-state index contributed by atoms with van der Waals surface area (Å²) in [5.74, 6) is 0.750. The summed E-state index contributed by atoms with van der Waals surface area (Å²) in [6.45, 7) is 8.39. The van der Waals surface area contributed by atoms with Crippen LogP contribution in [0.3, 0.4) is 0 Å². The summed E-state index contributed by atoms with van der Waals surface area (Å²) in [5, 5.41) is 0. The van der Waals surface area contributed by atoms with Crippen LogP contribution in [0.15, 0.2) is 15.8 Å². The number of hydrogen-bond donors (Lipinski definition) is 0. The predicted molar refractivity (Wildman–Crippen MR) is 119 cm³/mol. The molecule has 4 heterocycles. The van der Waals surface area contributed by atoms with Gasteiger partial charge in [-0.3, -0.25) is 18.3 Å². The van der Waals surface area contributed by atoms with Gasteiger partial charge in [-0.15, -0.1) is 0 Å². The molecule has 0 bridgehead atoms. The molecule has 30 heavy (non-hydrogen) atoms.